The van der Waals surface area contributed by atoms with E-state index in [4.69, 9.17) is 4.74 Å². The summed E-state index contributed by atoms with van der Waals surface area (Å²) in [6.45, 7) is 3.63. The van der Waals surface area contributed by atoms with Crippen molar-refractivity contribution in [1.82, 2.24) is 4.98 Å². The van der Waals surface area contributed by atoms with Gasteiger partial charge in [-0.3, -0.25) is 0 Å². The Bertz CT molecular complexity index is 949. The van der Waals surface area contributed by atoms with Gasteiger partial charge in [0.2, 0.25) is 0 Å². The molecule has 0 amide bonds. The molecule has 0 aliphatic carbocycles. The second kappa shape index (κ2) is 8.13. The van der Waals surface area contributed by atoms with E-state index >= 15 is 0 Å². The summed E-state index contributed by atoms with van der Waals surface area (Å²) in [4.78, 5) is 16.4. The molecule has 0 bridgehead atoms. The van der Waals surface area contributed by atoms with Crippen LogP contribution in [0.5, 0.6) is 0 Å². The third-order valence-corrected chi connectivity index (χ3v) is 3.61. The first-order valence-corrected chi connectivity index (χ1v) is 8.47. The van der Waals surface area contributed by atoms with Crippen molar-refractivity contribution in [3.8, 4) is 23.1 Å². The van der Waals surface area contributed by atoms with Gasteiger partial charge in [0.1, 0.15) is 5.69 Å². The number of nitrogens with zero attached hydrogens (tertiary/aromatic N) is 1. The van der Waals surface area contributed by atoms with Crippen LogP contribution in [-0.4, -0.2) is 17.1 Å². The van der Waals surface area contributed by atoms with Crippen LogP contribution in [0, 0.1) is 11.8 Å². The van der Waals surface area contributed by atoms with Crippen LogP contribution < -0.4 is 0 Å². The zero-order valence-corrected chi connectivity index (χ0v) is 14.8. The topological polar surface area (TPSA) is 39.2 Å². The highest BCUT2D eigenvalue weighted by molar-refractivity contribution is 5.88. The van der Waals surface area contributed by atoms with Gasteiger partial charge in [-0.15, -0.1) is 0 Å². The second-order valence-electron chi connectivity index (χ2n) is 6.06. The van der Waals surface area contributed by atoms with Gasteiger partial charge < -0.3 is 4.74 Å². The lowest BCUT2D eigenvalue weighted by molar-refractivity contribution is 0.0371. The Hall–Kier alpha value is -3.38. The maximum Gasteiger partial charge on any atom is 0.357 e. The molecule has 0 aliphatic rings. The van der Waals surface area contributed by atoms with Crippen LogP contribution in [0.2, 0.25) is 0 Å². The Morgan fingerprint density at radius 3 is 2.15 bits per heavy atom. The maximum absolute atomic E-state index is 12.0. The van der Waals surface area contributed by atoms with Crippen molar-refractivity contribution < 1.29 is 9.53 Å². The molecule has 3 aromatic rings. The van der Waals surface area contributed by atoms with Crippen LogP contribution in [0.1, 0.15) is 35.5 Å². The van der Waals surface area contributed by atoms with Gasteiger partial charge in [-0.1, -0.05) is 48.2 Å². The van der Waals surface area contributed by atoms with Crippen molar-refractivity contribution in [2.75, 3.05) is 0 Å². The number of carbonyl (C=O) groups is 1. The molecular formula is C23H19NO2. The minimum absolute atomic E-state index is 0.171. The quantitative estimate of drug-likeness (QED) is 0.511. The monoisotopic (exact) mass is 341 g/mol. The number of esters is 1. The van der Waals surface area contributed by atoms with Crippen LogP contribution in [0.4, 0.5) is 0 Å². The molecule has 3 rings (SSSR count). The summed E-state index contributed by atoms with van der Waals surface area (Å²) in [5.41, 5.74) is 3.87. The summed E-state index contributed by atoms with van der Waals surface area (Å²) in [7, 11) is 0. The van der Waals surface area contributed by atoms with E-state index < -0.39 is 5.97 Å². The zero-order chi connectivity index (χ0) is 18.4. The molecule has 0 spiro atoms. The van der Waals surface area contributed by atoms with Gasteiger partial charge in [-0.2, -0.15) is 0 Å². The molecule has 3 nitrogen and oxygen atoms in total. The van der Waals surface area contributed by atoms with Crippen LogP contribution in [0.25, 0.3) is 11.3 Å². The predicted molar refractivity (Wildman–Crippen MR) is 103 cm³/mol. The smallest absolute Gasteiger partial charge is 0.357 e. The van der Waals surface area contributed by atoms with E-state index in [0.717, 1.165) is 22.4 Å². The molecule has 0 saturated heterocycles. The minimum atomic E-state index is -0.410. The molecule has 1 heterocycles. The normalized spacial score (nSPS) is 10.1. The molecule has 0 aliphatic heterocycles. The standard InChI is InChI=1S/C23H19NO2/c1-17(2)26-23(25)22-10-6-9-21(24-22)20-15-13-19(14-16-20)12-11-18-7-4-3-5-8-18/h3-10,13-17H,1-2H3. The van der Waals surface area contributed by atoms with Gasteiger partial charge >= 0.3 is 5.97 Å². The second-order valence-corrected chi connectivity index (χ2v) is 6.06. The molecule has 0 radical (unpaired) electrons. The van der Waals surface area contributed by atoms with E-state index in [2.05, 4.69) is 16.8 Å². The van der Waals surface area contributed by atoms with E-state index in [1.54, 1.807) is 6.07 Å². The van der Waals surface area contributed by atoms with E-state index in [0.29, 0.717) is 5.69 Å². The number of hydrogen-bond donors (Lipinski definition) is 0. The van der Waals surface area contributed by atoms with Gasteiger partial charge in [-0.25, -0.2) is 9.78 Å². The van der Waals surface area contributed by atoms with E-state index in [1.807, 2.05) is 80.6 Å². The molecule has 0 saturated carbocycles. The lowest BCUT2D eigenvalue weighted by Gasteiger charge is -2.08. The van der Waals surface area contributed by atoms with Crippen LogP contribution in [0.3, 0.4) is 0 Å². The molecular weight excluding hydrogens is 322 g/mol. The fraction of sp³-hybridized carbons (Fsp3) is 0.130. The molecule has 26 heavy (non-hydrogen) atoms. The van der Waals surface area contributed by atoms with Crippen LogP contribution >= 0.6 is 0 Å². The molecule has 0 fully saturated rings. The molecule has 2 aromatic carbocycles. The number of benzene rings is 2. The van der Waals surface area contributed by atoms with Gasteiger partial charge in [0.05, 0.1) is 11.8 Å². The third kappa shape index (κ3) is 4.58. The average molecular weight is 341 g/mol. The Morgan fingerprint density at radius 1 is 0.846 bits per heavy atom. The predicted octanol–water partition coefficient (Wildman–Crippen LogP) is 4.71. The summed E-state index contributed by atoms with van der Waals surface area (Å²) in [6, 6.07) is 23.0. The SMILES string of the molecule is CC(C)OC(=O)c1cccc(-c2ccc(C#Cc3ccccc3)cc2)n1. The fourth-order valence-corrected chi connectivity index (χ4v) is 2.37. The Kier molecular flexibility index (Phi) is 5.46. The minimum Gasteiger partial charge on any atom is -0.458 e. The van der Waals surface area contributed by atoms with Crippen LogP contribution in [-0.2, 0) is 4.74 Å². The van der Waals surface area contributed by atoms with Crippen molar-refractivity contribution in [2.24, 2.45) is 0 Å². The highest BCUT2D eigenvalue weighted by atomic mass is 16.5. The molecule has 128 valence electrons. The number of rotatable bonds is 3. The van der Waals surface area contributed by atoms with Crippen molar-refractivity contribution in [1.29, 1.82) is 0 Å². The van der Waals surface area contributed by atoms with Gasteiger partial charge in [-0.05, 0) is 50.2 Å². The van der Waals surface area contributed by atoms with Crippen molar-refractivity contribution in [3.05, 3.63) is 89.6 Å². The van der Waals surface area contributed by atoms with E-state index in [-0.39, 0.29) is 6.10 Å². The molecule has 1 aromatic heterocycles. The molecule has 3 heteroatoms. The average Bonchev–Trinajstić information content (AvgIpc) is 2.67. The number of ether oxygens (including phenoxy) is 1. The zero-order valence-electron chi connectivity index (χ0n) is 14.8. The number of pyridine rings is 1. The van der Waals surface area contributed by atoms with Gasteiger partial charge in [0.15, 0.2) is 0 Å². The van der Waals surface area contributed by atoms with Crippen molar-refractivity contribution in [2.45, 2.75) is 20.0 Å². The first kappa shape index (κ1) is 17.4. The summed E-state index contributed by atoms with van der Waals surface area (Å²) >= 11 is 0. The summed E-state index contributed by atoms with van der Waals surface area (Å²) < 4.78 is 5.20. The molecule has 0 unspecified atom stereocenters. The Morgan fingerprint density at radius 2 is 1.50 bits per heavy atom. The van der Waals surface area contributed by atoms with Crippen molar-refractivity contribution in [3.63, 3.8) is 0 Å². The highest BCUT2D eigenvalue weighted by Crippen LogP contribution is 2.18. The maximum atomic E-state index is 12.0. The highest BCUT2D eigenvalue weighted by Gasteiger charge is 2.11. The first-order valence-electron chi connectivity index (χ1n) is 8.47. The van der Waals surface area contributed by atoms with E-state index in [9.17, 15) is 4.79 Å². The van der Waals surface area contributed by atoms with Crippen LogP contribution in [0.15, 0.2) is 72.8 Å². The first-order chi connectivity index (χ1) is 12.6. The lowest BCUT2D eigenvalue weighted by Crippen LogP contribution is -2.13. The third-order valence-electron chi connectivity index (χ3n) is 3.61. The number of aromatic nitrogens is 1. The van der Waals surface area contributed by atoms with Gasteiger partial charge in [0.25, 0.3) is 0 Å². The molecule has 0 atom stereocenters. The summed E-state index contributed by atoms with van der Waals surface area (Å²) in [5, 5.41) is 0. The summed E-state index contributed by atoms with van der Waals surface area (Å²) in [6.07, 6.45) is -0.171. The van der Waals surface area contributed by atoms with Gasteiger partial charge in [0, 0.05) is 16.7 Å². The Balaban J connectivity index is 1.79. The summed E-state index contributed by atoms with van der Waals surface area (Å²) in [5.74, 6) is 5.87. The van der Waals surface area contributed by atoms with E-state index in [1.165, 1.54) is 0 Å². The fourth-order valence-electron chi connectivity index (χ4n) is 2.37. The van der Waals surface area contributed by atoms with Crippen molar-refractivity contribution >= 4 is 5.97 Å². The number of hydrogen-bond acceptors (Lipinski definition) is 3. The number of carbonyl (C=O) groups excluding carboxylic acids is 1. The largest absolute Gasteiger partial charge is 0.458 e. The Labute approximate surface area is 153 Å². The lowest BCUT2D eigenvalue weighted by atomic mass is 10.1. The molecule has 0 N–H and O–H groups in total.